The van der Waals surface area contributed by atoms with E-state index in [0.717, 1.165) is 27.5 Å². The molecule has 1 heterocycles. The summed E-state index contributed by atoms with van der Waals surface area (Å²) in [7, 11) is 1.67. The van der Waals surface area contributed by atoms with E-state index in [1.807, 2.05) is 25.1 Å². The van der Waals surface area contributed by atoms with Gasteiger partial charge in [-0.05, 0) is 24.6 Å². The SMILES string of the molecule is CCOC(=O)Cc1ccc2nc(NCCOC)sc2c1. The van der Waals surface area contributed by atoms with Gasteiger partial charge < -0.3 is 14.8 Å². The van der Waals surface area contributed by atoms with Crippen LogP contribution in [0.5, 0.6) is 0 Å². The summed E-state index contributed by atoms with van der Waals surface area (Å²) in [5.41, 5.74) is 1.88. The Morgan fingerprint density at radius 1 is 1.45 bits per heavy atom. The molecule has 6 heteroatoms. The number of ether oxygens (including phenoxy) is 2. The standard InChI is InChI=1S/C14H18N2O3S/c1-3-19-13(17)9-10-4-5-11-12(8-10)20-14(16-11)15-6-7-18-2/h4-5,8H,3,6-7,9H2,1-2H3,(H,15,16). The van der Waals surface area contributed by atoms with Crippen LogP contribution in [0.3, 0.4) is 0 Å². The Morgan fingerprint density at radius 2 is 2.30 bits per heavy atom. The molecule has 2 rings (SSSR count). The van der Waals surface area contributed by atoms with Crippen molar-refractivity contribution in [2.24, 2.45) is 0 Å². The second-order valence-electron chi connectivity index (χ2n) is 4.22. The topological polar surface area (TPSA) is 60.5 Å². The first-order valence-electron chi connectivity index (χ1n) is 6.51. The van der Waals surface area contributed by atoms with Crippen molar-refractivity contribution in [3.05, 3.63) is 23.8 Å². The van der Waals surface area contributed by atoms with Gasteiger partial charge in [-0.3, -0.25) is 4.79 Å². The third-order valence-corrected chi connectivity index (χ3v) is 3.66. The molecule has 1 aromatic heterocycles. The zero-order chi connectivity index (χ0) is 14.4. The Labute approximate surface area is 121 Å². The third-order valence-electron chi connectivity index (χ3n) is 2.69. The predicted molar refractivity (Wildman–Crippen MR) is 80.3 cm³/mol. The number of carbonyl (C=O) groups excluding carboxylic acids is 1. The minimum atomic E-state index is -0.199. The van der Waals surface area contributed by atoms with E-state index >= 15 is 0 Å². The molecule has 1 aromatic carbocycles. The highest BCUT2D eigenvalue weighted by Crippen LogP contribution is 2.26. The predicted octanol–water partition coefficient (Wildman–Crippen LogP) is 2.46. The number of aromatic nitrogens is 1. The summed E-state index contributed by atoms with van der Waals surface area (Å²) in [6.45, 7) is 3.59. The summed E-state index contributed by atoms with van der Waals surface area (Å²) in [6, 6.07) is 5.84. The second-order valence-corrected chi connectivity index (χ2v) is 5.25. The van der Waals surface area contributed by atoms with E-state index in [2.05, 4.69) is 10.3 Å². The Bertz CT molecular complexity index is 583. The van der Waals surface area contributed by atoms with Gasteiger partial charge in [0.1, 0.15) is 0 Å². The van der Waals surface area contributed by atoms with Gasteiger partial charge in [-0.25, -0.2) is 4.98 Å². The number of benzene rings is 1. The van der Waals surface area contributed by atoms with Crippen LogP contribution in [0.15, 0.2) is 18.2 Å². The molecule has 0 unspecified atom stereocenters. The Morgan fingerprint density at radius 3 is 3.05 bits per heavy atom. The smallest absolute Gasteiger partial charge is 0.310 e. The zero-order valence-electron chi connectivity index (χ0n) is 11.6. The van der Waals surface area contributed by atoms with Gasteiger partial charge in [0, 0.05) is 13.7 Å². The molecule has 5 nitrogen and oxygen atoms in total. The fourth-order valence-corrected chi connectivity index (χ4v) is 2.75. The average Bonchev–Trinajstić information content (AvgIpc) is 2.81. The molecule has 0 spiro atoms. The first-order valence-corrected chi connectivity index (χ1v) is 7.32. The van der Waals surface area contributed by atoms with Crippen LogP contribution in [0, 0.1) is 0 Å². The highest BCUT2D eigenvalue weighted by molar-refractivity contribution is 7.22. The van der Waals surface area contributed by atoms with Crippen LogP contribution in [0.25, 0.3) is 10.2 Å². The molecule has 1 N–H and O–H groups in total. The van der Waals surface area contributed by atoms with Crippen molar-refractivity contribution in [2.45, 2.75) is 13.3 Å². The summed E-state index contributed by atoms with van der Waals surface area (Å²) < 4.78 is 11.0. The molecule has 0 aliphatic carbocycles. The van der Waals surface area contributed by atoms with Gasteiger partial charge in [-0.1, -0.05) is 17.4 Å². The van der Waals surface area contributed by atoms with Crippen LogP contribution in [0.2, 0.25) is 0 Å². The molecule has 0 radical (unpaired) electrons. The van der Waals surface area contributed by atoms with Crippen molar-refractivity contribution < 1.29 is 14.3 Å². The van der Waals surface area contributed by atoms with Crippen molar-refractivity contribution >= 4 is 32.7 Å². The molecule has 20 heavy (non-hydrogen) atoms. The number of esters is 1. The summed E-state index contributed by atoms with van der Waals surface area (Å²) in [4.78, 5) is 15.9. The fraction of sp³-hybridized carbons (Fsp3) is 0.429. The third kappa shape index (κ3) is 3.91. The summed E-state index contributed by atoms with van der Waals surface area (Å²) in [6.07, 6.45) is 0.300. The number of fused-ring (bicyclic) bond motifs is 1. The molecule has 0 amide bonds. The maximum Gasteiger partial charge on any atom is 0.310 e. The van der Waals surface area contributed by atoms with Crippen molar-refractivity contribution in [3.8, 4) is 0 Å². The van der Waals surface area contributed by atoms with E-state index in [4.69, 9.17) is 9.47 Å². The van der Waals surface area contributed by atoms with Gasteiger partial charge in [-0.15, -0.1) is 0 Å². The molecule has 0 bridgehead atoms. The highest BCUT2D eigenvalue weighted by Gasteiger charge is 2.08. The zero-order valence-corrected chi connectivity index (χ0v) is 12.5. The quantitative estimate of drug-likeness (QED) is 0.628. The number of methoxy groups -OCH3 is 1. The number of hydrogen-bond donors (Lipinski definition) is 1. The van der Waals surface area contributed by atoms with Crippen LogP contribution in [-0.2, 0) is 20.7 Å². The lowest BCUT2D eigenvalue weighted by Crippen LogP contribution is -2.07. The van der Waals surface area contributed by atoms with Crippen molar-refractivity contribution in [1.82, 2.24) is 4.98 Å². The van der Waals surface area contributed by atoms with E-state index in [1.54, 1.807) is 18.4 Å². The van der Waals surface area contributed by atoms with E-state index in [1.165, 1.54) is 0 Å². The molecule has 0 fully saturated rings. The number of nitrogens with one attached hydrogen (secondary N) is 1. The summed E-state index contributed by atoms with van der Waals surface area (Å²) >= 11 is 1.57. The normalized spacial score (nSPS) is 10.7. The molecule has 0 aliphatic heterocycles. The van der Waals surface area contributed by atoms with Crippen LogP contribution >= 0.6 is 11.3 Å². The molecular weight excluding hydrogens is 276 g/mol. The lowest BCUT2D eigenvalue weighted by Gasteiger charge is -2.01. The highest BCUT2D eigenvalue weighted by atomic mass is 32.1. The Kier molecular flexibility index (Phi) is 5.31. The van der Waals surface area contributed by atoms with Crippen LogP contribution in [-0.4, -0.2) is 37.8 Å². The van der Waals surface area contributed by atoms with Gasteiger partial charge in [0.05, 0.1) is 29.9 Å². The molecule has 0 saturated carbocycles. The van der Waals surface area contributed by atoms with E-state index in [9.17, 15) is 4.79 Å². The van der Waals surface area contributed by atoms with Gasteiger partial charge in [0.25, 0.3) is 0 Å². The van der Waals surface area contributed by atoms with Crippen LogP contribution in [0.4, 0.5) is 5.13 Å². The van der Waals surface area contributed by atoms with E-state index in [0.29, 0.717) is 19.6 Å². The number of nitrogens with zero attached hydrogens (tertiary/aromatic N) is 1. The lowest BCUT2D eigenvalue weighted by molar-refractivity contribution is -0.142. The van der Waals surface area contributed by atoms with Crippen molar-refractivity contribution in [1.29, 1.82) is 0 Å². The molecule has 0 aliphatic rings. The maximum atomic E-state index is 11.5. The number of carbonyl (C=O) groups is 1. The summed E-state index contributed by atoms with van der Waals surface area (Å²) in [5.74, 6) is -0.199. The Hall–Kier alpha value is -1.66. The summed E-state index contributed by atoms with van der Waals surface area (Å²) in [5, 5.41) is 4.07. The molecule has 0 atom stereocenters. The monoisotopic (exact) mass is 294 g/mol. The fourth-order valence-electron chi connectivity index (χ4n) is 1.79. The van der Waals surface area contributed by atoms with Gasteiger partial charge in [0.15, 0.2) is 5.13 Å². The van der Waals surface area contributed by atoms with Gasteiger partial charge >= 0.3 is 5.97 Å². The Balaban J connectivity index is 2.07. The minimum absolute atomic E-state index is 0.199. The maximum absolute atomic E-state index is 11.5. The van der Waals surface area contributed by atoms with Gasteiger partial charge in [0.2, 0.25) is 0 Å². The van der Waals surface area contributed by atoms with Crippen molar-refractivity contribution in [2.75, 3.05) is 32.2 Å². The second kappa shape index (κ2) is 7.21. The average molecular weight is 294 g/mol. The van der Waals surface area contributed by atoms with Crippen molar-refractivity contribution in [3.63, 3.8) is 0 Å². The molecule has 108 valence electrons. The first kappa shape index (κ1) is 14.7. The lowest BCUT2D eigenvalue weighted by atomic mass is 10.1. The molecule has 0 saturated heterocycles. The largest absolute Gasteiger partial charge is 0.466 e. The number of anilines is 1. The molecular formula is C14H18N2O3S. The molecule has 2 aromatic rings. The first-order chi connectivity index (χ1) is 9.72. The van der Waals surface area contributed by atoms with Crippen LogP contribution < -0.4 is 5.32 Å². The van der Waals surface area contributed by atoms with Crippen LogP contribution in [0.1, 0.15) is 12.5 Å². The number of thiazole rings is 1. The number of rotatable bonds is 7. The van der Waals surface area contributed by atoms with E-state index in [-0.39, 0.29) is 5.97 Å². The number of hydrogen-bond acceptors (Lipinski definition) is 6. The van der Waals surface area contributed by atoms with Gasteiger partial charge in [-0.2, -0.15) is 0 Å². The van der Waals surface area contributed by atoms with E-state index < -0.39 is 0 Å². The minimum Gasteiger partial charge on any atom is -0.466 e.